The summed E-state index contributed by atoms with van der Waals surface area (Å²) in [5, 5.41) is 2.81. The Labute approximate surface area is 175 Å². The highest BCUT2D eigenvalue weighted by Gasteiger charge is 2.31. The van der Waals surface area contributed by atoms with Gasteiger partial charge in [-0.05, 0) is 61.2 Å². The molecule has 0 aliphatic rings. The molecule has 164 valence electrons. The Morgan fingerprint density at radius 2 is 1.67 bits per heavy atom. The van der Waals surface area contributed by atoms with Crippen LogP contribution >= 0.6 is 0 Å². The van der Waals surface area contributed by atoms with Gasteiger partial charge < -0.3 is 5.32 Å². The van der Waals surface area contributed by atoms with Gasteiger partial charge in [0, 0.05) is 0 Å². The highest BCUT2D eigenvalue weighted by Crippen LogP contribution is 2.31. The van der Waals surface area contributed by atoms with Crippen molar-refractivity contribution >= 4 is 21.6 Å². The van der Waals surface area contributed by atoms with Crippen LogP contribution in [0.15, 0.2) is 42.5 Å². The van der Waals surface area contributed by atoms with E-state index in [1.54, 1.807) is 0 Å². The molecule has 2 rings (SSSR count). The molecule has 2 aromatic carbocycles. The first-order chi connectivity index (χ1) is 13.8. The first-order valence-electron chi connectivity index (χ1n) is 9.34. The summed E-state index contributed by atoms with van der Waals surface area (Å²) in [4.78, 5) is 12.6. The number of halogens is 3. The van der Waals surface area contributed by atoms with Crippen molar-refractivity contribution in [3.8, 4) is 0 Å². The van der Waals surface area contributed by atoms with Crippen molar-refractivity contribution in [2.75, 3.05) is 17.1 Å². The molecule has 0 fully saturated rings. The van der Waals surface area contributed by atoms with E-state index >= 15 is 0 Å². The van der Waals surface area contributed by atoms with Gasteiger partial charge in [-0.3, -0.25) is 9.10 Å². The van der Waals surface area contributed by atoms with Crippen LogP contribution in [0.1, 0.15) is 41.6 Å². The maximum absolute atomic E-state index is 12.8. The average molecular weight is 443 g/mol. The van der Waals surface area contributed by atoms with Gasteiger partial charge in [-0.2, -0.15) is 13.2 Å². The van der Waals surface area contributed by atoms with Crippen LogP contribution in [0.2, 0.25) is 0 Å². The van der Waals surface area contributed by atoms with Crippen molar-refractivity contribution in [1.29, 1.82) is 0 Å². The lowest BCUT2D eigenvalue weighted by molar-refractivity contribution is -0.137. The molecule has 30 heavy (non-hydrogen) atoms. The third-order valence-corrected chi connectivity index (χ3v) is 5.99. The Hall–Kier alpha value is -2.55. The van der Waals surface area contributed by atoms with E-state index in [-0.39, 0.29) is 11.7 Å². The van der Waals surface area contributed by atoms with E-state index in [4.69, 9.17) is 0 Å². The molecule has 0 spiro atoms. The first kappa shape index (κ1) is 23.7. The number of sulfonamides is 1. The SMILES string of the molecule is CCC(NC(=O)CN(c1ccc(C(F)(F)F)cc1)S(C)(=O)=O)c1ccc(C)c(C)c1. The van der Waals surface area contributed by atoms with E-state index in [0.29, 0.717) is 6.42 Å². The molecule has 2 aromatic rings. The topological polar surface area (TPSA) is 66.5 Å². The molecule has 0 aliphatic carbocycles. The van der Waals surface area contributed by atoms with Crippen LogP contribution in [0.5, 0.6) is 0 Å². The lowest BCUT2D eigenvalue weighted by Gasteiger charge is -2.24. The number of carbonyl (C=O) groups excluding carboxylic acids is 1. The summed E-state index contributed by atoms with van der Waals surface area (Å²) < 4.78 is 63.4. The van der Waals surface area contributed by atoms with E-state index in [2.05, 4.69) is 5.32 Å². The fourth-order valence-electron chi connectivity index (χ4n) is 2.99. The van der Waals surface area contributed by atoms with Crippen LogP contribution in [0, 0.1) is 13.8 Å². The van der Waals surface area contributed by atoms with Gasteiger partial charge in [0.2, 0.25) is 15.9 Å². The fourth-order valence-corrected chi connectivity index (χ4v) is 3.85. The predicted octanol–water partition coefficient (Wildman–Crippen LogP) is 4.36. The molecule has 1 unspecified atom stereocenters. The molecule has 1 atom stereocenters. The van der Waals surface area contributed by atoms with Crippen molar-refractivity contribution in [1.82, 2.24) is 5.32 Å². The number of hydrogen-bond donors (Lipinski definition) is 1. The fraction of sp³-hybridized carbons (Fsp3) is 0.381. The number of anilines is 1. The number of hydrogen-bond acceptors (Lipinski definition) is 3. The van der Waals surface area contributed by atoms with Crippen LogP contribution in [-0.4, -0.2) is 27.1 Å². The molecule has 0 aromatic heterocycles. The Morgan fingerprint density at radius 3 is 2.13 bits per heavy atom. The van der Waals surface area contributed by atoms with Crippen LogP contribution in [-0.2, 0) is 21.0 Å². The van der Waals surface area contributed by atoms with Crippen molar-refractivity contribution in [3.05, 3.63) is 64.7 Å². The van der Waals surface area contributed by atoms with Gasteiger partial charge in [0.15, 0.2) is 0 Å². The average Bonchev–Trinajstić information content (AvgIpc) is 2.65. The molecule has 0 bridgehead atoms. The Bertz CT molecular complexity index is 1000. The second kappa shape index (κ2) is 9.07. The van der Waals surface area contributed by atoms with Gasteiger partial charge in [-0.1, -0.05) is 25.1 Å². The normalized spacial score (nSPS) is 13.0. The molecule has 0 radical (unpaired) electrons. The molecule has 9 heteroatoms. The summed E-state index contributed by atoms with van der Waals surface area (Å²) in [7, 11) is -3.89. The third kappa shape index (κ3) is 5.98. The first-order valence-corrected chi connectivity index (χ1v) is 11.2. The lowest BCUT2D eigenvalue weighted by Crippen LogP contribution is -2.41. The number of nitrogens with one attached hydrogen (secondary N) is 1. The number of amides is 1. The Kier molecular flexibility index (Phi) is 7.18. The van der Waals surface area contributed by atoms with Crippen molar-refractivity contribution in [3.63, 3.8) is 0 Å². The standard InChI is InChI=1S/C21H25F3N2O3S/c1-5-19(16-7-6-14(2)15(3)12-16)25-20(27)13-26(30(4,28)29)18-10-8-17(9-11-18)21(22,23)24/h6-12,19H,5,13H2,1-4H3,(H,25,27). The molecule has 1 N–H and O–H groups in total. The molecular formula is C21H25F3N2O3S. The van der Waals surface area contributed by atoms with Crippen LogP contribution in [0.25, 0.3) is 0 Å². The van der Waals surface area contributed by atoms with Gasteiger partial charge >= 0.3 is 6.18 Å². The van der Waals surface area contributed by atoms with E-state index in [1.807, 2.05) is 39.0 Å². The number of aryl methyl sites for hydroxylation is 2. The van der Waals surface area contributed by atoms with Gasteiger partial charge in [0.25, 0.3) is 0 Å². The highest BCUT2D eigenvalue weighted by atomic mass is 32.2. The maximum Gasteiger partial charge on any atom is 0.416 e. The summed E-state index contributed by atoms with van der Waals surface area (Å²) in [6.07, 6.45) is -3.04. The molecular weight excluding hydrogens is 417 g/mol. The van der Waals surface area contributed by atoms with Crippen LogP contribution < -0.4 is 9.62 Å². The number of benzene rings is 2. The molecule has 5 nitrogen and oxygen atoms in total. The summed E-state index contributed by atoms with van der Waals surface area (Å²) in [6, 6.07) is 9.16. The monoisotopic (exact) mass is 442 g/mol. The Morgan fingerprint density at radius 1 is 1.07 bits per heavy atom. The summed E-state index contributed by atoms with van der Waals surface area (Å²) in [5.74, 6) is -0.551. The third-order valence-electron chi connectivity index (χ3n) is 4.85. The van der Waals surface area contributed by atoms with Crippen LogP contribution in [0.3, 0.4) is 0 Å². The number of alkyl halides is 3. The van der Waals surface area contributed by atoms with Crippen molar-refractivity contribution < 1.29 is 26.4 Å². The zero-order chi connectivity index (χ0) is 22.7. The van der Waals surface area contributed by atoms with Crippen LogP contribution in [0.4, 0.5) is 18.9 Å². The second-order valence-electron chi connectivity index (χ2n) is 7.19. The second-order valence-corrected chi connectivity index (χ2v) is 9.09. The number of rotatable bonds is 7. The number of nitrogens with zero attached hydrogens (tertiary/aromatic N) is 1. The molecule has 0 saturated carbocycles. The zero-order valence-electron chi connectivity index (χ0n) is 17.2. The van der Waals surface area contributed by atoms with Crippen molar-refractivity contribution in [2.45, 2.75) is 39.4 Å². The van der Waals surface area contributed by atoms with E-state index in [1.165, 1.54) is 0 Å². The zero-order valence-corrected chi connectivity index (χ0v) is 18.1. The quantitative estimate of drug-likeness (QED) is 0.693. The molecule has 1 amide bonds. The van der Waals surface area contributed by atoms with Gasteiger partial charge in [0.1, 0.15) is 6.54 Å². The number of carbonyl (C=O) groups is 1. The molecule has 0 saturated heterocycles. The van der Waals surface area contributed by atoms with Crippen molar-refractivity contribution in [2.24, 2.45) is 0 Å². The smallest absolute Gasteiger partial charge is 0.348 e. The highest BCUT2D eigenvalue weighted by molar-refractivity contribution is 7.92. The largest absolute Gasteiger partial charge is 0.416 e. The van der Waals surface area contributed by atoms with E-state index in [0.717, 1.165) is 51.5 Å². The lowest BCUT2D eigenvalue weighted by atomic mass is 9.99. The van der Waals surface area contributed by atoms with Gasteiger partial charge in [-0.25, -0.2) is 8.42 Å². The Balaban J connectivity index is 2.22. The summed E-state index contributed by atoms with van der Waals surface area (Å²) in [6.45, 7) is 5.30. The molecule has 0 aliphatic heterocycles. The van der Waals surface area contributed by atoms with Gasteiger partial charge in [0.05, 0.1) is 23.5 Å². The predicted molar refractivity (Wildman–Crippen MR) is 111 cm³/mol. The van der Waals surface area contributed by atoms with Gasteiger partial charge in [-0.15, -0.1) is 0 Å². The van der Waals surface area contributed by atoms with E-state index in [9.17, 15) is 26.4 Å². The van der Waals surface area contributed by atoms with E-state index < -0.39 is 34.2 Å². The summed E-state index contributed by atoms with van der Waals surface area (Å²) >= 11 is 0. The molecule has 0 heterocycles. The maximum atomic E-state index is 12.8. The summed E-state index contributed by atoms with van der Waals surface area (Å²) in [5.41, 5.74) is 2.17. The minimum absolute atomic E-state index is 0.0140. The minimum Gasteiger partial charge on any atom is -0.348 e. The minimum atomic E-state index is -4.54.